The van der Waals surface area contributed by atoms with Crippen molar-refractivity contribution in [1.82, 2.24) is 0 Å². The Morgan fingerprint density at radius 3 is 2.55 bits per heavy atom. The first-order valence-electron chi connectivity index (χ1n) is 10.2. The first kappa shape index (κ1) is 20.9. The van der Waals surface area contributed by atoms with Gasteiger partial charge in [-0.3, -0.25) is 9.10 Å². The number of nitrogens with one attached hydrogen (secondary N) is 1. The molecule has 0 atom stereocenters. The Labute approximate surface area is 182 Å². The molecule has 1 amide bonds. The highest BCUT2D eigenvalue weighted by atomic mass is 32.2. The number of nitrogens with zero attached hydrogens (tertiary/aromatic N) is 1. The van der Waals surface area contributed by atoms with Crippen molar-refractivity contribution in [2.75, 3.05) is 22.8 Å². The van der Waals surface area contributed by atoms with Gasteiger partial charge in [0.2, 0.25) is 0 Å². The summed E-state index contributed by atoms with van der Waals surface area (Å²) in [6, 6.07) is 20.9. The number of hydrogen-bond acceptors (Lipinski definition) is 4. The minimum atomic E-state index is -3.80. The smallest absolute Gasteiger partial charge is 0.264 e. The van der Waals surface area contributed by atoms with Gasteiger partial charge in [-0.2, -0.15) is 0 Å². The van der Waals surface area contributed by atoms with Crippen LogP contribution in [0.4, 0.5) is 11.4 Å². The number of carbonyl (C=O) groups excluding carboxylic acids is 1. The molecule has 0 aromatic heterocycles. The van der Waals surface area contributed by atoms with E-state index in [1.54, 1.807) is 30.3 Å². The fraction of sp³-hybridized carbons (Fsp3) is 0.208. The van der Waals surface area contributed by atoms with E-state index in [0.29, 0.717) is 35.8 Å². The van der Waals surface area contributed by atoms with Crippen LogP contribution in [-0.4, -0.2) is 27.5 Å². The second kappa shape index (κ2) is 8.81. The number of para-hydroxylation sites is 1. The highest BCUT2D eigenvalue weighted by molar-refractivity contribution is 7.92. The first-order valence-corrected chi connectivity index (χ1v) is 11.7. The van der Waals surface area contributed by atoms with Gasteiger partial charge in [0.1, 0.15) is 5.75 Å². The Morgan fingerprint density at radius 1 is 1.03 bits per heavy atom. The highest BCUT2D eigenvalue weighted by Gasteiger charge is 2.29. The van der Waals surface area contributed by atoms with E-state index in [0.717, 1.165) is 18.4 Å². The summed E-state index contributed by atoms with van der Waals surface area (Å²) in [6.07, 6.45) is 1.61. The van der Waals surface area contributed by atoms with Crippen LogP contribution in [0.1, 0.15) is 29.3 Å². The van der Waals surface area contributed by atoms with Gasteiger partial charge in [0.05, 0.1) is 22.9 Å². The van der Waals surface area contributed by atoms with E-state index in [2.05, 4.69) is 5.32 Å². The van der Waals surface area contributed by atoms with E-state index in [4.69, 9.17) is 4.74 Å². The molecule has 0 spiro atoms. The number of rotatable bonds is 6. The minimum absolute atomic E-state index is 0.107. The summed E-state index contributed by atoms with van der Waals surface area (Å²) in [7, 11) is -3.80. The fourth-order valence-corrected chi connectivity index (χ4v) is 5.28. The molecule has 0 aliphatic carbocycles. The number of fused-ring (bicyclic) bond motifs is 1. The maximum Gasteiger partial charge on any atom is 0.264 e. The number of sulfonamides is 1. The zero-order valence-electron chi connectivity index (χ0n) is 17.2. The number of hydrogen-bond donors (Lipinski definition) is 1. The van der Waals surface area contributed by atoms with Gasteiger partial charge in [0, 0.05) is 12.1 Å². The van der Waals surface area contributed by atoms with Crippen LogP contribution in [0, 0.1) is 0 Å². The summed E-state index contributed by atoms with van der Waals surface area (Å²) in [5.41, 5.74) is 2.52. The number of anilines is 2. The number of carbonyl (C=O) groups is 1. The summed E-state index contributed by atoms with van der Waals surface area (Å²) in [6.45, 7) is 2.64. The Balaban J connectivity index is 1.71. The van der Waals surface area contributed by atoms with E-state index in [9.17, 15) is 13.2 Å². The molecule has 4 rings (SSSR count). The lowest BCUT2D eigenvalue weighted by molar-refractivity contribution is 0.102. The van der Waals surface area contributed by atoms with Gasteiger partial charge in [-0.15, -0.1) is 0 Å². The maximum absolute atomic E-state index is 13.5. The summed E-state index contributed by atoms with van der Waals surface area (Å²) < 4.78 is 34.1. The molecular weight excluding hydrogens is 412 g/mol. The molecule has 0 saturated heterocycles. The Bertz CT molecular complexity index is 1190. The molecule has 160 valence electrons. The summed E-state index contributed by atoms with van der Waals surface area (Å²) in [5, 5.41) is 2.80. The summed E-state index contributed by atoms with van der Waals surface area (Å²) in [5.74, 6) is 0.0872. The van der Waals surface area contributed by atoms with Gasteiger partial charge in [-0.25, -0.2) is 8.42 Å². The van der Waals surface area contributed by atoms with E-state index in [-0.39, 0.29) is 10.8 Å². The molecule has 0 unspecified atom stereocenters. The average molecular weight is 437 g/mol. The van der Waals surface area contributed by atoms with Crippen molar-refractivity contribution in [2.24, 2.45) is 0 Å². The van der Waals surface area contributed by atoms with Gasteiger partial charge in [-0.05, 0) is 61.7 Å². The first-order chi connectivity index (χ1) is 15.0. The third kappa shape index (κ3) is 4.27. The zero-order chi connectivity index (χ0) is 21.8. The number of amides is 1. The third-order valence-corrected chi connectivity index (χ3v) is 7.00. The molecule has 1 N–H and O–H groups in total. The SMILES string of the molecule is CCOc1ccc(S(=O)(=O)N2CCCc3ccccc32)cc1NC(=O)c1ccccc1. The summed E-state index contributed by atoms with van der Waals surface area (Å²) in [4.78, 5) is 12.8. The van der Waals surface area contributed by atoms with Crippen LogP contribution in [0.2, 0.25) is 0 Å². The van der Waals surface area contributed by atoms with Crippen LogP contribution in [-0.2, 0) is 16.4 Å². The highest BCUT2D eigenvalue weighted by Crippen LogP contribution is 2.34. The molecule has 0 radical (unpaired) electrons. The Hall–Kier alpha value is -3.32. The quantitative estimate of drug-likeness (QED) is 0.618. The Morgan fingerprint density at radius 2 is 1.77 bits per heavy atom. The van der Waals surface area contributed by atoms with Gasteiger partial charge >= 0.3 is 0 Å². The lowest BCUT2D eigenvalue weighted by Crippen LogP contribution is -2.35. The standard InChI is InChI=1S/C24H24N2O4S/c1-2-30-23-15-14-20(17-21(23)25-24(27)19-10-4-3-5-11-19)31(28,29)26-16-8-12-18-9-6-7-13-22(18)26/h3-7,9-11,13-15,17H,2,8,12,16H2,1H3,(H,25,27). The molecule has 0 fully saturated rings. The predicted octanol–water partition coefficient (Wildman–Crippen LogP) is 4.48. The average Bonchev–Trinajstić information content (AvgIpc) is 2.80. The number of ether oxygens (including phenoxy) is 1. The topological polar surface area (TPSA) is 75.7 Å². The summed E-state index contributed by atoms with van der Waals surface area (Å²) >= 11 is 0. The number of benzene rings is 3. The molecule has 3 aromatic rings. The van der Waals surface area contributed by atoms with Crippen LogP contribution in [0.15, 0.2) is 77.7 Å². The molecule has 0 saturated carbocycles. The van der Waals surface area contributed by atoms with Gasteiger partial charge in [0.25, 0.3) is 15.9 Å². The molecule has 1 aliphatic rings. The molecule has 7 heteroatoms. The van der Waals surface area contributed by atoms with Crippen molar-refractivity contribution in [3.8, 4) is 5.75 Å². The lowest BCUT2D eigenvalue weighted by Gasteiger charge is -2.30. The maximum atomic E-state index is 13.5. The van der Waals surface area contributed by atoms with E-state index < -0.39 is 10.0 Å². The van der Waals surface area contributed by atoms with Crippen LogP contribution < -0.4 is 14.4 Å². The molecule has 0 bridgehead atoms. The second-order valence-corrected chi connectivity index (χ2v) is 9.08. The van der Waals surface area contributed by atoms with E-state index in [1.807, 2.05) is 37.3 Å². The monoisotopic (exact) mass is 436 g/mol. The second-order valence-electron chi connectivity index (χ2n) is 7.22. The molecule has 31 heavy (non-hydrogen) atoms. The molecule has 3 aromatic carbocycles. The number of aryl methyl sites for hydroxylation is 1. The third-order valence-electron chi connectivity index (χ3n) is 5.19. The molecule has 1 heterocycles. The van der Waals surface area contributed by atoms with Crippen molar-refractivity contribution in [2.45, 2.75) is 24.7 Å². The van der Waals surface area contributed by atoms with Crippen molar-refractivity contribution in [1.29, 1.82) is 0 Å². The van der Waals surface area contributed by atoms with Crippen LogP contribution in [0.25, 0.3) is 0 Å². The van der Waals surface area contributed by atoms with Gasteiger partial charge in [-0.1, -0.05) is 36.4 Å². The lowest BCUT2D eigenvalue weighted by atomic mass is 10.0. The molecular formula is C24H24N2O4S. The van der Waals surface area contributed by atoms with E-state index >= 15 is 0 Å². The van der Waals surface area contributed by atoms with Gasteiger partial charge in [0.15, 0.2) is 0 Å². The normalized spacial score (nSPS) is 13.4. The molecule has 6 nitrogen and oxygen atoms in total. The van der Waals surface area contributed by atoms with Crippen molar-refractivity contribution in [3.05, 3.63) is 83.9 Å². The predicted molar refractivity (Wildman–Crippen MR) is 121 cm³/mol. The van der Waals surface area contributed by atoms with Crippen LogP contribution in [0.5, 0.6) is 5.75 Å². The van der Waals surface area contributed by atoms with Crippen LogP contribution >= 0.6 is 0 Å². The van der Waals surface area contributed by atoms with Crippen LogP contribution in [0.3, 0.4) is 0 Å². The zero-order valence-corrected chi connectivity index (χ0v) is 18.1. The van der Waals surface area contributed by atoms with Crippen molar-refractivity contribution in [3.63, 3.8) is 0 Å². The minimum Gasteiger partial charge on any atom is -0.492 e. The largest absolute Gasteiger partial charge is 0.492 e. The van der Waals surface area contributed by atoms with Gasteiger partial charge < -0.3 is 10.1 Å². The fourth-order valence-electron chi connectivity index (χ4n) is 3.71. The van der Waals surface area contributed by atoms with Crippen molar-refractivity contribution >= 4 is 27.3 Å². The van der Waals surface area contributed by atoms with E-state index in [1.165, 1.54) is 16.4 Å². The molecule has 1 aliphatic heterocycles. The Kier molecular flexibility index (Phi) is 5.95. The van der Waals surface area contributed by atoms with Crippen molar-refractivity contribution < 1.29 is 17.9 Å².